The Balaban J connectivity index is 1.59. The van der Waals surface area contributed by atoms with Crippen LogP contribution in [-0.4, -0.2) is 36.5 Å². The zero-order valence-corrected chi connectivity index (χ0v) is 12.7. The molecule has 126 valence electrons. The van der Waals surface area contributed by atoms with Gasteiger partial charge in [0.2, 0.25) is 0 Å². The Kier molecular flexibility index (Phi) is 3.63. The van der Waals surface area contributed by atoms with E-state index in [9.17, 15) is 26.5 Å². The zero-order valence-electron chi connectivity index (χ0n) is 11.9. The average Bonchev–Trinajstić information content (AvgIpc) is 2.32. The van der Waals surface area contributed by atoms with Gasteiger partial charge in [0.1, 0.15) is 0 Å². The molecule has 0 radical (unpaired) electrons. The molecule has 0 aliphatic heterocycles. The van der Waals surface area contributed by atoms with Gasteiger partial charge in [-0.1, -0.05) is 0 Å². The van der Waals surface area contributed by atoms with E-state index < -0.39 is 33.6 Å². The highest BCUT2D eigenvalue weighted by atomic mass is 32.2. The number of alkyl carbamates (subject to hydrolysis) is 1. The third-order valence-electron chi connectivity index (χ3n) is 5.14. The van der Waals surface area contributed by atoms with E-state index >= 15 is 0 Å². The van der Waals surface area contributed by atoms with E-state index in [-0.39, 0.29) is 0 Å². The third-order valence-corrected chi connectivity index (χ3v) is 5.99. The van der Waals surface area contributed by atoms with Crippen LogP contribution in [0.2, 0.25) is 0 Å². The van der Waals surface area contributed by atoms with Crippen molar-refractivity contribution in [1.29, 1.82) is 0 Å². The summed E-state index contributed by atoms with van der Waals surface area (Å²) in [6, 6.07) is 0. The van der Waals surface area contributed by atoms with Gasteiger partial charge in [0.05, 0.1) is 0 Å². The number of ether oxygens (including phenoxy) is 1. The predicted molar refractivity (Wildman–Crippen MR) is 70.0 cm³/mol. The molecule has 1 N–H and O–H groups in total. The number of carbonyl (C=O) groups is 1. The Hall–Kier alpha value is -0.960. The van der Waals surface area contributed by atoms with Crippen molar-refractivity contribution in [2.75, 3.05) is 6.61 Å². The standard InChI is InChI=1S/C13H19F2NO5S/c14-13(15,22(18,19)20)7-21-11(17)16-12-4-8-1-9(5-12)3-10(2-8)6-12/h8-10H,1-7H2,(H,16,17)(H,18,19,20)/p-1. The minimum absolute atomic E-state index is 0.419. The monoisotopic (exact) mass is 338 g/mol. The van der Waals surface area contributed by atoms with E-state index in [0.717, 1.165) is 38.5 Å². The molecule has 4 fully saturated rings. The molecule has 0 saturated heterocycles. The summed E-state index contributed by atoms with van der Waals surface area (Å²) in [5, 5.41) is -1.95. The van der Waals surface area contributed by atoms with Crippen molar-refractivity contribution in [3.05, 3.63) is 0 Å². The smallest absolute Gasteiger partial charge is 0.407 e. The van der Waals surface area contributed by atoms with Gasteiger partial charge in [0, 0.05) is 5.54 Å². The van der Waals surface area contributed by atoms with Gasteiger partial charge in [-0.2, -0.15) is 8.78 Å². The number of rotatable bonds is 4. The highest BCUT2D eigenvalue weighted by Crippen LogP contribution is 2.55. The number of hydrogen-bond acceptors (Lipinski definition) is 5. The second-order valence-corrected chi connectivity index (χ2v) is 8.50. The van der Waals surface area contributed by atoms with Gasteiger partial charge in [-0.25, -0.2) is 13.2 Å². The van der Waals surface area contributed by atoms with Crippen LogP contribution in [0.15, 0.2) is 0 Å². The highest BCUT2D eigenvalue weighted by molar-refractivity contribution is 7.86. The summed E-state index contributed by atoms with van der Waals surface area (Å²) in [5.41, 5.74) is -0.419. The Bertz CT molecular complexity index is 542. The molecule has 0 atom stereocenters. The van der Waals surface area contributed by atoms with Gasteiger partial charge >= 0.3 is 11.3 Å². The summed E-state index contributed by atoms with van der Waals surface area (Å²) < 4.78 is 61.3. The fraction of sp³-hybridized carbons (Fsp3) is 0.923. The molecule has 4 aliphatic carbocycles. The molecule has 0 unspecified atom stereocenters. The summed E-state index contributed by atoms with van der Waals surface area (Å²) in [5.74, 6) is 1.65. The maximum Gasteiger partial charge on any atom is 0.407 e. The molecule has 4 rings (SSSR count). The Morgan fingerprint density at radius 2 is 1.64 bits per heavy atom. The van der Waals surface area contributed by atoms with E-state index in [2.05, 4.69) is 10.1 Å². The van der Waals surface area contributed by atoms with Gasteiger partial charge in [0.15, 0.2) is 16.7 Å². The highest BCUT2D eigenvalue weighted by Gasteiger charge is 2.52. The number of carbonyl (C=O) groups excluding carboxylic acids is 1. The van der Waals surface area contributed by atoms with E-state index in [4.69, 9.17) is 0 Å². The number of amides is 1. The van der Waals surface area contributed by atoms with E-state index in [1.165, 1.54) is 0 Å². The van der Waals surface area contributed by atoms with Crippen molar-refractivity contribution >= 4 is 16.2 Å². The molecule has 22 heavy (non-hydrogen) atoms. The van der Waals surface area contributed by atoms with Crippen LogP contribution in [0.3, 0.4) is 0 Å². The number of halogens is 2. The molecule has 9 heteroatoms. The topological polar surface area (TPSA) is 95.5 Å². The molecule has 4 saturated carbocycles. The first-order valence-electron chi connectivity index (χ1n) is 7.37. The average molecular weight is 338 g/mol. The first-order valence-corrected chi connectivity index (χ1v) is 8.78. The SMILES string of the molecule is O=C(NC12CC3CC(CC(C3)C1)C2)OCC(F)(F)S(=O)(=O)[O-]. The van der Waals surface area contributed by atoms with Gasteiger partial charge in [-0.15, -0.1) is 0 Å². The predicted octanol–water partition coefficient (Wildman–Crippen LogP) is 1.82. The minimum Gasteiger partial charge on any atom is -0.743 e. The van der Waals surface area contributed by atoms with E-state index in [1.54, 1.807) is 0 Å². The lowest BCUT2D eigenvalue weighted by Gasteiger charge is -2.56. The second kappa shape index (κ2) is 5.02. The van der Waals surface area contributed by atoms with E-state index in [1.807, 2.05) is 0 Å². The van der Waals surface area contributed by atoms with Crippen LogP contribution < -0.4 is 5.32 Å². The lowest BCUT2D eigenvalue weighted by atomic mass is 9.53. The molecule has 0 aromatic heterocycles. The van der Waals surface area contributed by atoms with Crippen LogP contribution in [0.5, 0.6) is 0 Å². The lowest BCUT2D eigenvalue weighted by Crippen LogP contribution is -2.60. The van der Waals surface area contributed by atoms with Gasteiger partial charge in [-0.05, 0) is 56.3 Å². The largest absolute Gasteiger partial charge is 0.743 e. The van der Waals surface area contributed by atoms with Gasteiger partial charge in [0.25, 0.3) is 0 Å². The maximum atomic E-state index is 13.0. The Morgan fingerprint density at radius 1 is 1.18 bits per heavy atom. The molecule has 4 bridgehead atoms. The maximum absolute atomic E-state index is 13.0. The summed E-state index contributed by atoms with van der Waals surface area (Å²) in [6.45, 7) is -1.75. The van der Waals surface area contributed by atoms with Crippen LogP contribution in [-0.2, 0) is 14.9 Å². The van der Waals surface area contributed by atoms with Crippen molar-refractivity contribution < 1.29 is 31.3 Å². The van der Waals surface area contributed by atoms with Gasteiger partial charge in [-0.3, -0.25) is 0 Å². The summed E-state index contributed by atoms with van der Waals surface area (Å²) in [6.07, 6.45) is 4.82. The molecular weight excluding hydrogens is 320 g/mol. The number of hydrogen-bond donors (Lipinski definition) is 1. The molecule has 0 aromatic carbocycles. The van der Waals surface area contributed by atoms with Crippen molar-refractivity contribution in [3.8, 4) is 0 Å². The van der Waals surface area contributed by atoms with Crippen molar-refractivity contribution in [2.24, 2.45) is 17.8 Å². The van der Waals surface area contributed by atoms with Crippen molar-refractivity contribution in [2.45, 2.75) is 49.3 Å². The van der Waals surface area contributed by atoms with Crippen molar-refractivity contribution in [3.63, 3.8) is 0 Å². The summed E-state index contributed by atoms with van der Waals surface area (Å²) >= 11 is 0. The molecule has 0 aromatic rings. The third kappa shape index (κ3) is 2.92. The van der Waals surface area contributed by atoms with Crippen molar-refractivity contribution in [1.82, 2.24) is 5.32 Å². The first-order chi connectivity index (χ1) is 10.1. The quantitative estimate of drug-likeness (QED) is 0.789. The van der Waals surface area contributed by atoms with Crippen LogP contribution >= 0.6 is 0 Å². The normalized spacial score (nSPS) is 37.1. The summed E-state index contributed by atoms with van der Waals surface area (Å²) in [4.78, 5) is 11.7. The molecule has 1 amide bonds. The second-order valence-electron chi connectivity index (χ2n) is 6.99. The van der Waals surface area contributed by atoms with Crippen LogP contribution in [0.4, 0.5) is 13.6 Å². The minimum atomic E-state index is -5.84. The molecular formula is C13H18F2NO5S-. The Labute approximate surface area is 127 Å². The lowest BCUT2D eigenvalue weighted by molar-refractivity contribution is -0.0285. The van der Waals surface area contributed by atoms with Gasteiger partial charge < -0.3 is 14.6 Å². The molecule has 6 nitrogen and oxygen atoms in total. The number of nitrogens with one attached hydrogen (secondary N) is 1. The zero-order chi connectivity index (χ0) is 16.2. The summed E-state index contributed by atoms with van der Waals surface area (Å²) in [7, 11) is -5.84. The van der Waals surface area contributed by atoms with E-state index in [0.29, 0.717) is 17.8 Å². The van der Waals surface area contributed by atoms with Crippen LogP contribution in [0.1, 0.15) is 38.5 Å². The van der Waals surface area contributed by atoms with Crippen LogP contribution in [0, 0.1) is 17.8 Å². The fourth-order valence-electron chi connectivity index (χ4n) is 4.74. The number of alkyl halides is 2. The Morgan fingerprint density at radius 3 is 2.05 bits per heavy atom. The fourth-order valence-corrected chi connectivity index (χ4v) is 4.94. The molecule has 0 heterocycles. The molecule has 4 aliphatic rings. The molecule has 0 spiro atoms. The first kappa shape index (κ1) is 15.9. The van der Waals surface area contributed by atoms with Crippen LogP contribution in [0.25, 0.3) is 0 Å².